The maximum absolute atomic E-state index is 12.1. The number of hydrogen-bond donors (Lipinski definition) is 1. The van der Waals surface area contributed by atoms with E-state index in [9.17, 15) is 13.2 Å². The number of rotatable bonds is 3. The van der Waals surface area contributed by atoms with Crippen LogP contribution in [-0.2, 0) is 12.8 Å². The second kappa shape index (κ2) is 4.66. The fraction of sp³-hybridized carbons (Fsp3) is 0.455. The molecule has 1 aromatic carbocycles. The van der Waals surface area contributed by atoms with E-state index in [0.717, 1.165) is 12.0 Å². The first kappa shape index (κ1) is 12.0. The second-order valence-corrected chi connectivity index (χ2v) is 3.44. The van der Waals surface area contributed by atoms with Gasteiger partial charge in [-0.15, -0.1) is 0 Å². The van der Waals surface area contributed by atoms with Crippen LogP contribution in [0.15, 0.2) is 24.3 Å². The average Bonchev–Trinajstić information content (AvgIpc) is 2.16. The standard InChI is InChI=1S/C11H13F3O/c1-2-8-4-3-5-9(6-8)7-10(15)11(12,13)14/h3-6,10,15H,2,7H2,1H3. The molecular formula is C11H13F3O. The molecular weight excluding hydrogens is 205 g/mol. The Bertz CT molecular complexity index is 320. The van der Waals surface area contributed by atoms with Crippen molar-refractivity contribution < 1.29 is 18.3 Å². The smallest absolute Gasteiger partial charge is 0.383 e. The van der Waals surface area contributed by atoms with Crippen molar-refractivity contribution in [1.82, 2.24) is 0 Å². The van der Waals surface area contributed by atoms with Gasteiger partial charge in [0.2, 0.25) is 0 Å². The SMILES string of the molecule is CCc1cccc(CC(O)C(F)(F)F)c1. The Labute approximate surface area is 86.5 Å². The number of aliphatic hydroxyl groups is 1. The molecule has 0 aromatic heterocycles. The first-order valence-corrected chi connectivity index (χ1v) is 4.76. The Morgan fingerprint density at radius 2 is 1.87 bits per heavy atom. The van der Waals surface area contributed by atoms with Gasteiger partial charge in [-0.25, -0.2) is 0 Å². The summed E-state index contributed by atoms with van der Waals surface area (Å²) >= 11 is 0. The molecule has 0 aliphatic carbocycles. The zero-order valence-electron chi connectivity index (χ0n) is 8.38. The van der Waals surface area contributed by atoms with Gasteiger partial charge in [-0.05, 0) is 17.5 Å². The van der Waals surface area contributed by atoms with Gasteiger partial charge in [0.15, 0.2) is 6.10 Å². The number of aliphatic hydroxyl groups excluding tert-OH is 1. The van der Waals surface area contributed by atoms with Crippen LogP contribution >= 0.6 is 0 Å². The molecule has 4 heteroatoms. The number of benzene rings is 1. The van der Waals surface area contributed by atoms with Gasteiger partial charge >= 0.3 is 6.18 Å². The van der Waals surface area contributed by atoms with Gasteiger partial charge in [0.1, 0.15) is 0 Å². The summed E-state index contributed by atoms with van der Waals surface area (Å²) in [5.74, 6) is 0. The van der Waals surface area contributed by atoms with E-state index in [4.69, 9.17) is 5.11 Å². The van der Waals surface area contributed by atoms with Gasteiger partial charge in [-0.3, -0.25) is 0 Å². The minimum atomic E-state index is -4.54. The Morgan fingerprint density at radius 1 is 1.27 bits per heavy atom. The highest BCUT2D eigenvalue weighted by Gasteiger charge is 2.37. The van der Waals surface area contributed by atoms with Crippen LogP contribution in [0.1, 0.15) is 18.1 Å². The summed E-state index contributed by atoms with van der Waals surface area (Å²) < 4.78 is 36.2. The number of alkyl halides is 3. The van der Waals surface area contributed by atoms with Crippen molar-refractivity contribution >= 4 is 0 Å². The average molecular weight is 218 g/mol. The van der Waals surface area contributed by atoms with Crippen molar-refractivity contribution in [3.63, 3.8) is 0 Å². The molecule has 0 aliphatic heterocycles. The van der Waals surface area contributed by atoms with E-state index in [1.807, 2.05) is 13.0 Å². The first-order chi connectivity index (χ1) is 6.93. The molecule has 0 amide bonds. The maximum atomic E-state index is 12.1. The third kappa shape index (κ3) is 3.55. The summed E-state index contributed by atoms with van der Waals surface area (Å²) in [4.78, 5) is 0. The number of hydrogen-bond acceptors (Lipinski definition) is 1. The predicted molar refractivity (Wildman–Crippen MR) is 51.6 cm³/mol. The zero-order chi connectivity index (χ0) is 11.5. The van der Waals surface area contributed by atoms with Crippen LogP contribution in [-0.4, -0.2) is 17.4 Å². The van der Waals surface area contributed by atoms with E-state index < -0.39 is 12.3 Å². The lowest BCUT2D eigenvalue weighted by atomic mass is 10.0. The third-order valence-corrected chi connectivity index (χ3v) is 2.21. The topological polar surface area (TPSA) is 20.2 Å². The van der Waals surface area contributed by atoms with Crippen LogP contribution in [0.5, 0.6) is 0 Å². The lowest BCUT2D eigenvalue weighted by Gasteiger charge is -2.14. The third-order valence-electron chi connectivity index (χ3n) is 2.21. The van der Waals surface area contributed by atoms with Crippen LogP contribution in [0.3, 0.4) is 0 Å². The lowest BCUT2D eigenvalue weighted by Crippen LogP contribution is -2.30. The van der Waals surface area contributed by atoms with Crippen LogP contribution in [0.4, 0.5) is 13.2 Å². The summed E-state index contributed by atoms with van der Waals surface area (Å²) in [5, 5.41) is 8.88. The molecule has 0 radical (unpaired) electrons. The van der Waals surface area contributed by atoms with Gasteiger partial charge in [-0.1, -0.05) is 31.2 Å². The molecule has 0 fully saturated rings. The first-order valence-electron chi connectivity index (χ1n) is 4.76. The van der Waals surface area contributed by atoms with Gasteiger partial charge in [0.05, 0.1) is 0 Å². The molecule has 1 unspecified atom stereocenters. The number of halogens is 3. The highest BCUT2D eigenvalue weighted by Crippen LogP contribution is 2.23. The molecule has 0 heterocycles. The summed E-state index contributed by atoms with van der Waals surface area (Å²) in [6.45, 7) is 1.93. The van der Waals surface area contributed by atoms with Crippen LogP contribution in [0.2, 0.25) is 0 Å². The Hall–Kier alpha value is -1.03. The van der Waals surface area contributed by atoms with E-state index in [1.165, 1.54) is 0 Å². The summed E-state index contributed by atoms with van der Waals surface area (Å²) in [5.41, 5.74) is 1.49. The summed E-state index contributed by atoms with van der Waals surface area (Å²) in [6.07, 6.45) is -6.42. The minimum absolute atomic E-state index is 0.378. The molecule has 0 saturated heterocycles. The van der Waals surface area contributed by atoms with Crippen molar-refractivity contribution in [2.24, 2.45) is 0 Å². The summed E-state index contributed by atoms with van der Waals surface area (Å²) in [7, 11) is 0. The highest BCUT2D eigenvalue weighted by atomic mass is 19.4. The van der Waals surface area contributed by atoms with E-state index in [1.54, 1.807) is 18.2 Å². The van der Waals surface area contributed by atoms with Crippen molar-refractivity contribution in [3.05, 3.63) is 35.4 Å². The lowest BCUT2D eigenvalue weighted by molar-refractivity contribution is -0.203. The van der Waals surface area contributed by atoms with Gasteiger partial charge in [-0.2, -0.15) is 13.2 Å². The van der Waals surface area contributed by atoms with E-state index in [-0.39, 0.29) is 6.42 Å². The molecule has 1 atom stereocenters. The largest absolute Gasteiger partial charge is 0.414 e. The fourth-order valence-electron chi connectivity index (χ4n) is 1.32. The van der Waals surface area contributed by atoms with Crippen LogP contribution < -0.4 is 0 Å². The van der Waals surface area contributed by atoms with Gasteiger partial charge in [0.25, 0.3) is 0 Å². The van der Waals surface area contributed by atoms with E-state index >= 15 is 0 Å². The molecule has 0 spiro atoms. The zero-order valence-corrected chi connectivity index (χ0v) is 8.38. The predicted octanol–water partition coefficient (Wildman–Crippen LogP) is 2.71. The van der Waals surface area contributed by atoms with Crippen molar-refractivity contribution in [1.29, 1.82) is 0 Å². The van der Waals surface area contributed by atoms with Crippen molar-refractivity contribution in [2.45, 2.75) is 32.0 Å². The number of aryl methyl sites for hydroxylation is 1. The monoisotopic (exact) mass is 218 g/mol. The van der Waals surface area contributed by atoms with Crippen LogP contribution in [0, 0.1) is 0 Å². The van der Waals surface area contributed by atoms with Gasteiger partial charge in [0, 0.05) is 6.42 Å². The molecule has 1 nitrogen and oxygen atoms in total. The molecule has 84 valence electrons. The fourth-order valence-corrected chi connectivity index (χ4v) is 1.32. The normalized spacial score (nSPS) is 13.9. The molecule has 15 heavy (non-hydrogen) atoms. The molecule has 1 aromatic rings. The second-order valence-electron chi connectivity index (χ2n) is 3.44. The molecule has 0 saturated carbocycles. The van der Waals surface area contributed by atoms with Crippen molar-refractivity contribution in [2.75, 3.05) is 0 Å². The van der Waals surface area contributed by atoms with E-state index in [2.05, 4.69) is 0 Å². The molecule has 0 bridgehead atoms. The molecule has 0 aliphatic rings. The Balaban J connectivity index is 2.72. The Kier molecular flexibility index (Phi) is 3.74. The minimum Gasteiger partial charge on any atom is -0.383 e. The van der Waals surface area contributed by atoms with Crippen LogP contribution in [0.25, 0.3) is 0 Å². The quantitative estimate of drug-likeness (QED) is 0.827. The van der Waals surface area contributed by atoms with Gasteiger partial charge < -0.3 is 5.11 Å². The summed E-state index contributed by atoms with van der Waals surface area (Å²) in [6, 6.07) is 6.84. The molecule has 1 rings (SSSR count). The van der Waals surface area contributed by atoms with Crippen molar-refractivity contribution in [3.8, 4) is 0 Å². The highest BCUT2D eigenvalue weighted by molar-refractivity contribution is 5.24. The molecule has 1 N–H and O–H groups in total. The maximum Gasteiger partial charge on any atom is 0.414 e. The Morgan fingerprint density at radius 3 is 2.40 bits per heavy atom. The van der Waals surface area contributed by atoms with E-state index in [0.29, 0.717) is 5.56 Å².